The van der Waals surface area contributed by atoms with Crippen LogP contribution in [0.15, 0.2) is 24.3 Å². The Morgan fingerprint density at radius 2 is 1.97 bits per heavy atom. The number of nitrogens with zero attached hydrogens (tertiary/aromatic N) is 1. The number of nitrogens with two attached hydrogens (primary N) is 1. The highest BCUT2D eigenvalue weighted by Gasteiger charge is 2.57. The molecular formula is C20H23Cl2N5O3. The van der Waals surface area contributed by atoms with Gasteiger partial charge in [0.15, 0.2) is 0 Å². The van der Waals surface area contributed by atoms with E-state index in [0.29, 0.717) is 36.7 Å². The van der Waals surface area contributed by atoms with Crippen LogP contribution in [0, 0.1) is 23.2 Å². The number of nitrogens with one attached hydrogen (secondary N) is 3. The number of primary amides is 1. The monoisotopic (exact) mass is 451 g/mol. The molecule has 1 aliphatic heterocycles. The lowest BCUT2D eigenvalue weighted by atomic mass is 10.1. The van der Waals surface area contributed by atoms with Crippen LogP contribution < -0.4 is 16.4 Å². The third kappa shape index (κ3) is 4.11. The average molecular weight is 452 g/mol. The van der Waals surface area contributed by atoms with E-state index < -0.39 is 16.3 Å². The molecule has 1 aromatic rings. The van der Waals surface area contributed by atoms with Crippen molar-refractivity contribution in [3.63, 3.8) is 0 Å². The van der Waals surface area contributed by atoms with Crippen molar-refractivity contribution in [1.82, 2.24) is 10.2 Å². The summed E-state index contributed by atoms with van der Waals surface area (Å²) in [5, 5.41) is 13.7. The second-order valence-electron chi connectivity index (χ2n) is 8.20. The molecule has 1 saturated heterocycles. The highest BCUT2D eigenvalue weighted by Crippen LogP contribution is 2.53. The molecule has 3 amide bonds. The van der Waals surface area contributed by atoms with Crippen molar-refractivity contribution in [2.75, 3.05) is 25.0 Å². The average Bonchev–Trinajstić information content (AvgIpc) is 3.57. The molecule has 0 radical (unpaired) electrons. The van der Waals surface area contributed by atoms with Gasteiger partial charge in [0.25, 0.3) is 5.91 Å². The first-order valence-electron chi connectivity index (χ1n) is 9.85. The fourth-order valence-electron chi connectivity index (χ4n) is 4.14. The zero-order valence-corrected chi connectivity index (χ0v) is 17.7. The van der Waals surface area contributed by atoms with Crippen LogP contribution in [0.25, 0.3) is 0 Å². The number of para-hydroxylation sites is 1. The van der Waals surface area contributed by atoms with Crippen LogP contribution in [0.4, 0.5) is 5.69 Å². The lowest BCUT2D eigenvalue weighted by Crippen LogP contribution is -2.50. The summed E-state index contributed by atoms with van der Waals surface area (Å²) in [6.07, 6.45) is 1.60. The number of hydrogen-bond acceptors (Lipinski definition) is 5. The van der Waals surface area contributed by atoms with E-state index in [1.807, 2.05) is 0 Å². The van der Waals surface area contributed by atoms with Gasteiger partial charge < -0.3 is 21.3 Å². The van der Waals surface area contributed by atoms with Gasteiger partial charge in [-0.15, -0.1) is 23.2 Å². The summed E-state index contributed by atoms with van der Waals surface area (Å²) in [7, 11) is 0. The number of halogens is 2. The minimum Gasteiger partial charge on any atom is -0.376 e. The van der Waals surface area contributed by atoms with Crippen molar-refractivity contribution in [3.05, 3.63) is 29.8 Å². The molecule has 3 aliphatic rings. The molecule has 4 rings (SSSR count). The first kappa shape index (κ1) is 20.9. The topological polar surface area (TPSA) is 128 Å². The number of carbonyl (C=O) groups is 3. The van der Waals surface area contributed by atoms with Gasteiger partial charge in [0.2, 0.25) is 11.8 Å². The standard InChI is InChI=1S/C20H23Cl2N5O3/c21-20(22)6-11(20)7-26-19(30)17-13-5-10(13)9-27(17)15(28)8-25-14-4-2-1-3-12(14)16(23)18(24)29/h1-4,10-11,13,17,23,25H,5-9H2,(H2,24,29)(H,26,30)/t10-,11+,13-,17+/m1/s1. The molecule has 1 heterocycles. The van der Waals surface area contributed by atoms with Crippen molar-refractivity contribution in [2.24, 2.45) is 23.5 Å². The quantitative estimate of drug-likeness (QED) is 0.348. The number of alkyl halides is 2. The molecule has 1 aromatic carbocycles. The van der Waals surface area contributed by atoms with Crippen molar-refractivity contribution in [1.29, 1.82) is 5.41 Å². The zero-order chi connectivity index (χ0) is 21.6. The summed E-state index contributed by atoms with van der Waals surface area (Å²) in [4.78, 5) is 38.6. The number of rotatable bonds is 8. The lowest BCUT2D eigenvalue weighted by Gasteiger charge is -2.27. The molecule has 0 spiro atoms. The minimum absolute atomic E-state index is 0.0454. The number of benzene rings is 1. The molecule has 4 atom stereocenters. The van der Waals surface area contributed by atoms with Gasteiger partial charge in [-0.2, -0.15) is 0 Å². The van der Waals surface area contributed by atoms with Gasteiger partial charge in [-0.25, -0.2) is 0 Å². The number of fused-ring (bicyclic) bond motifs is 1. The van der Waals surface area contributed by atoms with Gasteiger partial charge in [-0.05, 0) is 30.7 Å². The molecule has 2 aliphatic carbocycles. The van der Waals surface area contributed by atoms with Crippen molar-refractivity contribution in [2.45, 2.75) is 23.2 Å². The summed E-state index contributed by atoms with van der Waals surface area (Å²) in [6.45, 7) is 0.907. The first-order valence-corrected chi connectivity index (χ1v) is 10.6. The third-order valence-electron chi connectivity index (χ3n) is 6.09. The lowest BCUT2D eigenvalue weighted by molar-refractivity contribution is -0.138. The van der Waals surface area contributed by atoms with Gasteiger partial charge in [0.05, 0.1) is 6.54 Å². The second kappa shape index (κ2) is 7.74. The van der Waals surface area contributed by atoms with Crippen LogP contribution >= 0.6 is 23.2 Å². The number of piperidine rings is 1. The van der Waals surface area contributed by atoms with E-state index in [1.54, 1.807) is 29.2 Å². The summed E-state index contributed by atoms with van der Waals surface area (Å²) in [5.74, 6) is -0.621. The third-order valence-corrected chi connectivity index (χ3v) is 7.02. The van der Waals surface area contributed by atoms with Crippen molar-refractivity contribution in [3.8, 4) is 0 Å². The maximum absolute atomic E-state index is 12.9. The Balaban J connectivity index is 1.37. The molecular weight excluding hydrogens is 429 g/mol. The van der Waals surface area contributed by atoms with E-state index in [2.05, 4.69) is 10.6 Å². The number of amides is 3. The van der Waals surface area contributed by atoms with E-state index in [0.717, 1.165) is 6.42 Å². The Hall–Kier alpha value is -2.32. The summed E-state index contributed by atoms with van der Waals surface area (Å²) >= 11 is 12.0. The molecule has 160 valence electrons. The van der Waals surface area contributed by atoms with E-state index in [-0.39, 0.29) is 35.9 Å². The normalized spacial score (nSPS) is 27.7. The first-order chi connectivity index (χ1) is 14.2. The summed E-state index contributed by atoms with van der Waals surface area (Å²) < 4.78 is -0.753. The highest BCUT2D eigenvalue weighted by molar-refractivity contribution is 6.50. The van der Waals surface area contributed by atoms with Gasteiger partial charge in [0.1, 0.15) is 16.1 Å². The maximum atomic E-state index is 12.9. The Labute approximate surface area is 183 Å². The molecule has 8 nitrogen and oxygen atoms in total. The van der Waals surface area contributed by atoms with Crippen LogP contribution in [-0.2, 0) is 14.4 Å². The van der Waals surface area contributed by atoms with Gasteiger partial charge in [-0.3, -0.25) is 19.8 Å². The van der Waals surface area contributed by atoms with Crippen molar-refractivity contribution >= 4 is 52.3 Å². The molecule has 0 aromatic heterocycles. The summed E-state index contributed by atoms with van der Waals surface area (Å²) in [6, 6.07) is 6.20. The fourth-order valence-corrected chi connectivity index (χ4v) is 4.66. The number of likely N-dealkylation sites (tertiary alicyclic amines) is 1. The Kier molecular flexibility index (Phi) is 5.40. The summed E-state index contributed by atoms with van der Waals surface area (Å²) in [5.41, 5.74) is 5.67. The van der Waals surface area contributed by atoms with E-state index in [1.165, 1.54) is 0 Å². The van der Waals surface area contributed by atoms with E-state index in [9.17, 15) is 14.4 Å². The van der Waals surface area contributed by atoms with Crippen LogP contribution in [0.1, 0.15) is 18.4 Å². The second-order valence-corrected chi connectivity index (χ2v) is 9.74. The van der Waals surface area contributed by atoms with Crippen LogP contribution in [-0.4, -0.2) is 58.3 Å². The molecule has 30 heavy (non-hydrogen) atoms. The van der Waals surface area contributed by atoms with Crippen LogP contribution in [0.5, 0.6) is 0 Å². The SMILES string of the molecule is N=C(C(N)=O)c1ccccc1NCC(=O)N1C[C@H]2C[C@H]2[C@H]1C(=O)NC[C@@H]1CC1(Cl)Cl. The molecule has 0 unspecified atom stereocenters. The predicted octanol–water partition coefficient (Wildman–Crippen LogP) is 1.11. The molecule has 2 saturated carbocycles. The molecule has 10 heteroatoms. The Morgan fingerprint density at radius 3 is 2.63 bits per heavy atom. The predicted molar refractivity (Wildman–Crippen MR) is 114 cm³/mol. The highest BCUT2D eigenvalue weighted by atomic mass is 35.5. The number of anilines is 1. The fraction of sp³-hybridized carbons (Fsp3) is 0.500. The largest absolute Gasteiger partial charge is 0.376 e. The van der Waals surface area contributed by atoms with Gasteiger partial charge in [-0.1, -0.05) is 18.2 Å². The number of hydrogen-bond donors (Lipinski definition) is 4. The molecule has 3 fully saturated rings. The van der Waals surface area contributed by atoms with Crippen molar-refractivity contribution < 1.29 is 14.4 Å². The van der Waals surface area contributed by atoms with E-state index >= 15 is 0 Å². The van der Waals surface area contributed by atoms with Crippen LogP contribution in [0.3, 0.4) is 0 Å². The Bertz CT molecular complexity index is 921. The minimum atomic E-state index is -0.847. The van der Waals surface area contributed by atoms with Gasteiger partial charge >= 0.3 is 0 Å². The van der Waals surface area contributed by atoms with Gasteiger partial charge in [0, 0.05) is 30.3 Å². The Morgan fingerprint density at radius 1 is 1.27 bits per heavy atom. The smallest absolute Gasteiger partial charge is 0.267 e. The van der Waals surface area contributed by atoms with E-state index in [4.69, 9.17) is 34.3 Å². The molecule has 5 N–H and O–H groups in total. The molecule has 0 bridgehead atoms. The zero-order valence-electron chi connectivity index (χ0n) is 16.2. The van der Waals surface area contributed by atoms with Crippen LogP contribution in [0.2, 0.25) is 0 Å². The number of carbonyl (C=O) groups excluding carboxylic acids is 3. The maximum Gasteiger partial charge on any atom is 0.267 e.